The largest absolute Gasteiger partial charge is 0.454 e. The quantitative estimate of drug-likeness (QED) is 0.197. The summed E-state index contributed by atoms with van der Waals surface area (Å²) < 4.78 is 59.0. The Kier molecular flexibility index (Phi) is 7.13. The van der Waals surface area contributed by atoms with E-state index >= 15 is 0 Å². The number of anilines is 1. The van der Waals surface area contributed by atoms with Gasteiger partial charge in [0.15, 0.2) is 28.5 Å². The predicted octanol–water partition coefficient (Wildman–Crippen LogP) is 1.10. The molecule has 0 spiro atoms. The van der Waals surface area contributed by atoms with E-state index in [9.17, 15) is 12.8 Å². The predicted molar refractivity (Wildman–Crippen MR) is 122 cm³/mol. The first-order valence-corrected chi connectivity index (χ1v) is 12.3. The number of benzene rings is 1. The van der Waals surface area contributed by atoms with E-state index in [0.717, 1.165) is 9.13 Å². The minimum atomic E-state index is -3.97. The molecule has 0 radical (unpaired) electrons. The van der Waals surface area contributed by atoms with Gasteiger partial charge in [-0.05, 0) is 46.7 Å². The summed E-state index contributed by atoms with van der Waals surface area (Å²) >= 11 is 2.20. The molecular formula is C18H20FIN6O6S. The molecule has 0 unspecified atom stereocenters. The van der Waals surface area contributed by atoms with Crippen molar-refractivity contribution in [2.24, 2.45) is 5.14 Å². The Morgan fingerprint density at radius 1 is 1.15 bits per heavy atom. The summed E-state index contributed by atoms with van der Waals surface area (Å²) in [5, 5.41) is 4.77. The van der Waals surface area contributed by atoms with Gasteiger partial charge < -0.3 is 24.5 Å². The number of nitrogen functional groups attached to an aromatic ring is 1. The monoisotopic (exact) mass is 594 g/mol. The van der Waals surface area contributed by atoms with Crippen molar-refractivity contribution in [2.45, 2.75) is 19.4 Å². The van der Waals surface area contributed by atoms with Crippen molar-refractivity contribution in [1.82, 2.24) is 19.5 Å². The van der Waals surface area contributed by atoms with Crippen LogP contribution in [0, 0.1) is 9.65 Å². The first-order valence-electron chi connectivity index (χ1n) is 9.72. The molecule has 0 amide bonds. The third-order valence-corrected chi connectivity index (χ3v) is 6.20. The normalized spacial score (nSPS) is 13.2. The molecule has 0 aliphatic carbocycles. The zero-order valence-corrected chi connectivity index (χ0v) is 20.1. The standard InChI is InChI=1S/C18H20FIN6O6S/c19-18-24-16(21)15-17(25-18)26(2-5-29-3-1-4-32-33(22,27)28)14(23-15)7-10-6-12-13(8-11(10)20)31-9-30-12/h6,8H,1-5,7,9H2,(H2,21,24,25)(H2,22,27,28). The molecule has 15 heteroatoms. The van der Waals surface area contributed by atoms with Crippen LogP contribution in [0.1, 0.15) is 17.8 Å². The highest BCUT2D eigenvalue weighted by Gasteiger charge is 2.21. The zero-order valence-electron chi connectivity index (χ0n) is 17.2. The van der Waals surface area contributed by atoms with Crippen LogP contribution in [0.2, 0.25) is 0 Å². The second-order valence-electron chi connectivity index (χ2n) is 6.98. The molecular weight excluding hydrogens is 574 g/mol. The molecule has 1 aliphatic heterocycles. The Hall–Kier alpha value is -2.34. The van der Waals surface area contributed by atoms with Crippen LogP contribution in [-0.2, 0) is 32.2 Å². The average molecular weight is 594 g/mol. The van der Waals surface area contributed by atoms with Crippen LogP contribution < -0.4 is 20.3 Å². The van der Waals surface area contributed by atoms with Crippen LogP contribution in [0.25, 0.3) is 11.2 Å². The molecule has 12 nitrogen and oxygen atoms in total. The molecule has 0 atom stereocenters. The van der Waals surface area contributed by atoms with Gasteiger partial charge in [0, 0.05) is 23.1 Å². The molecule has 4 rings (SSSR count). The van der Waals surface area contributed by atoms with Gasteiger partial charge in [-0.15, -0.1) is 0 Å². The summed E-state index contributed by atoms with van der Waals surface area (Å²) in [6.07, 6.45) is -0.229. The third kappa shape index (κ3) is 5.78. The summed E-state index contributed by atoms with van der Waals surface area (Å²) in [7, 11) is -3.97. The number of halogens is 2. The minimum Gasteiger partial charge on any atom is -0.454 e. The van der Waals surface area contributed by atoms with Crippen molar-refractivity contribution in [3.8, 4) is 11.5 Å². The van der Waals surface area contributed by atoms with Crippen molar-refractivity contribution in [2.75, 3.05) is 32.3 Å². The lowest BCUT2D eigenvalue weighted by Gasteiger charge is -2.11. The van der Waals surface area contributed by atoms with Gasteiger partial charge in [0.2, 0.25) is 6.79 Å². The molecule has 0 fully saturated rings. The number of hydrogen-bond acceptors (Lipinski definition) is 10. The number of nitrogens with two attached hydrogens (primary N) is 2. The summed E-state index contributed by atoms with van der Waals surface area (Å²) in [5.74, 6) is 1.85. The highest BCUT2D eigenvalue weighted by molar-refractivity contribution is 14.1. The van der Waals surface area contributed by atoms with E-state index in [-0.39, 0.29) is 38.1 Å². The number of hydrogen-bond donors (Lipinski definition) is 2. The van der Waals surface area contributed by atoms with Crippen molar-refractivity contribution < 1.29 is 31.2 Å². The molecule has 0 bridgehead atoms. The SMILES string of the molecule is Nc1nc(F)nc2c1nc(Cc1cc3c(cc1I)OCO3)n2CCOCCCOS(N)(=O)=O. The number of ether oxygens (including phenoxy) is 3. The first-order chi connectivity index (χ1) is 15.7. The fourth-order valence-corrected chi connectivity index (χ4v) is 4.25. The Balaban J connectivity index is 1.52. The maximum atomic E-state index is 13.9. The number of rotatable bonds is 10. The zero-order chi connectivity index (χ0) is 23.6. The van der Waals surface area contributed by atoms with Crippen LogP contribution >= 0.6 is 22.6 Å². The molecule has 3 aromatic rings. The van der Waals surface area contributed by atoms with E-state index in [1.807, 2.05) is 12.1 Å². The van der Waals surface area contributed by atoms with Crippen molar-refractivity contribution >= 4 is 49.9 Å². The Bertz CT molecular complexity index is 1290. The molecule has 4 N–H and O–H groups in total. The van der Waals surface area contributed by atoms with Gasteiger partial charge >= 0.3 is 16.4 Å². The van der Waals surface area contributed by atoms with Gasteiger partial charge in [-0.1, -0.05) is 0 Å². The van der Waals surface area contributed by atoms with Crippen LogP contribution in [0.15, 0.2) is 12.1 Å². The molecule has 3 heterocycles. The van der Waals surface area contributed by atoms with Gasteiger partial charge in [-0.2, -0.15) is 22.8 Å². The van der Waals surface area contributed by atoms with Crippen LogP contribution in [-0.4, -0.2) is 54.6 Å². The molecule has 1 aliphatic rings. The Morgan fingerprint density at radius 2 is 1.91 bits per heavy atom. The van der Waals surface area contributed by atoms with Crippen LogP contribution in [0.3, 0.4) is 0 Å². The lowest BCUT2D eigenvalue weighted by molar-refractivity contribution is 0.113. The van der Waals surface area contributed by atoms with Crippen molar-refractivity contribution in [1.29, 1.82) is 0 Å². The molecule has 33 heavy (non-hydrogen) atoms. The van der Waals surface area contributed by atoms with Gasteiger partial charge in [0.25, 0.3) is 0 Å². The maximum Gasteiger partial charge on any atom is 0.333 e. The summed E-state index contributed by atoms with van der Waals surface area (Å²) in [6, 6.07) is 3.76. The molecule has 1 aromatic carbocycles. The second kappa shape index (κ2) is 9.88. The first kappa shape index (κ1) is 23.8. The highest BCUT2D eigenvalue weighted by Crippen LogP contribution is 2.36. The molecule has 2 aromatic heterocycles. The number of nitrogens with zero attached hydrogens (tertiary/aromatic N) is 4. The van der Waals surface area contributed by atoms with Crippen molar-refractivity contribution in [3.63, 3.8) is 0 Å². The average Bonchev–Trinajstić information content (AvgIpc) is 3.31. The number of fused-ring (bicyclic) bond motifs is 2. The van der Waals surface area contributed by atoms with E-state index in [0.29, 0.717) is 42.2 Å². The maximum absolute atomic E-state index is 13.9. The topological polar surface area (TPSA) is 167 Å². The van der Waals surface area contributed by atoms with Gasteiger partial charge in [-0.3, -0.25) is 4.18 Å². The van der Waals surface area contributed by atoms with E-state index in [1.165, 1.54) is 0 Å². The fraction of sp³-hybridized carbons (Fsp3) is 0.389. The van der Waals surface area contributed by atoms with Crippen LogP contribution in [0.5, 0.6) is 11.5 Å². The van der Waals surface area contributed by atoms with E-state index < -0.39 is 16.4 Å². The molecule has 0 saturated carbocycles. The molecule has 0 saturated heterocycles. The van der Waals surface area contributed by atoms with E-state index in [1.54, 1.807) is 4.57 Å². The summed E-state index contributed by atoms with van der Waals surface area (Å²) in [4.78, 5) is 12.0. The Labute approximate surface area is 201 Å². The summed E-state index contributed by atoms with van der Waals surface area (Å²) in [6.45, 7) is 0.855. The number of aromatic nitrogens is 4. The second-order valence-corrected chi connectivity index (χ2v) is 9.37. The van der Waals surface area contributed by atoms with Crippen molar-refractivity contribution in [3.05, 3.63) is 33.2 Å². The number of imidazole rings is 1. The summed E-state index contributed by atoms with van der Waals surface area (Å²) in [5.41, 5.74) is 7.36. The highest BCUT2D eigenvalue weighted by atomic mass is 127. The lowest BCUT2D eigenvalue weighted by Crippen LogP contribution is -2.17. The fourth-order valence-electron chi connectivity index (χ4n) is 3.27. The van der Waals surface area contributed by atoms with E-state index in [2.05, 4.69) is 41.7 Å². The van der Waals surface area contributed by atoms with Gasteiger partial charge in [0.05, 0.1) is 13.2 Å². The van der Waals surface area contributed by atoms with Crippen LogP contribution in [0.4, 0.5) is 10.2 Å². The van der Waals surface area contributed by atoms with Gasteiger partial charge in [-0.25, -0.2) is 10.1 Å². The Morgan fingerprint density at radius 3 is 2.67 bits per heavy atom. The third-order valence-electron chi connectivity index (χ3n) is 4.70. The molecule has 178 valence electrons. The van der Waals surface area contributed by atoms with Gasteiger partial charge in [0.1, 0.15) is 5.82 Å². The lowest BCUT2D eigenvalue weighted by atomic mass is 10.1. The van der Waals surface area contributed by atoms with E-state index in [4.69, 9.17) is 25.1 Å². The minimum absolute atomic E-state index is 0.0565. The smallest absolute Gasteiger partial charge is 0.333 e.